The van der Waals surface area contributed by atoms with Gasteiger partial charge in [0.2, 0.25) is 0 Å². The molecule has 3 rings (SSSR count). The summed E-state index contributed by atoms with van der Waals surface area (Å²) in [6.45, 7) is 0.368. The van der Waals surface area contributed by atoms with E-state index in [0.717, 1.165) is 16.6 Å². The molecule has 1 aromatic heterocycles. The van der Waals surface area contributed by atoms with Gasteiger partial charge in [-0.1, -0.05) is 24.3 Å². The molecule has 2 aromatic carbocycles. The van der Waals surface area contributed by atoms with Gasteiger partial charge in [-0.05, 0) is 52.4 Å². The maximum Gasteiger partial charge on any atom is 0.156 e. The molecule has 20 heavy (non-hydrogen) atoms. The maximum absolute atomic E-state index is 12.2. The number of hydrogen-bond acceptors (Lipinski definition) is 2. The Hall–Kier alpha value is -1.69. The number of halogens is 1. The molecule has 3 nitrogen and oxygen atoms in total. The number of para-hydroxylation sites is 2. The maximum atomic E-state index is 12.2. The van der Waals surface area contributed by atoms with Crippen LogP contribution in [0.25, 0.3) is 11.0 Å². The van der Waals surface area contributed by atoms with E-state index in [1.165, 1.54) is 3.57 Å². The van der Waals surface area contributed by atoms with Crippen LogP contribution in [0.4, 0.5) is 0 Å². The summed E-state index contributed by atoms with van der Waals surface area (Å²) >= 11 is 2.26. The topological polar surface area (TPSA) is 34.9 Å². The quantitative estimate of drug-likeness (QED) is 0.654. The number of carbonyl (C=O) groups is 1. The van der Waals surface area contributed by atoms with Crippen LogP contribution < -0.4 is 0 Å². The summed E-state index contributed by atoms with van der Waals surface area (Å²) < 4.78 is 3.09. The van der Waals surface area contributed by atoms with Crippen LogP contribution >= 0.6 is 22.6 Å². The minimum Gasteiger partial charge on any atom is -0.323 e. The monoisotopic (exact) mass is 376 g/mol. The lowest BCUT2D eigenvalue weighted by molar-refractivity contribution is -0.118. The fraction of sp³-hybridized carbons (Fsp3) is 0.125. The van der Waals surface area contributed by atoms with Gasteiger partial charge >= 0.3 is 0 Å². The second kappa shape index (κ2) is 5.75. The van der Waals surface area contributed by atoms with Crippen LogP contribution in [0.3, 0.4) is 0 Å². The number of rotatable bonds is 4. The molecule has 3 aromatic rings. The van der Waals surface area contributed by atoms with Gasteiger partial charge in [0.1, 0.15) is 0 Å². The van der Waals surface area contributed by atoms with Gasteiger partial charge in [0, 0.05) is 9.99 Å². The van der Waals surface area contributed by atoms with Crippen molar-refractivity contribution in [3.63, 3.8) is 0 Å². The van der Waals surface area contributed by atoms with Crippen molar-refractivity contribution in [1.29, 1.82) is 0 Å². The molecule has 0 aliphatic carbocycles. The van der Waals surface area contributed by atoms with E-state index in [0.29, 0.717) is 13.0 Å². The van der Waals surface area contributed by atoms with Crippen LogP contribution in [0.15, 0.2) is 54.9 Å². The highest BCUT2D eigenvalue weighted by atomic mass is 127. The molecule has 0 bridgehead atoms. The van der Waals surface area contributed by atoms with Crippen LogP contribution in [0.2, 0.25) is 0 Å². The summed E-state index contributed by atoms with van der Waals surface area (Å²) in [5.74, 6) is 0.189. The molecule has 0 unspecified atom stereocenters. The van der Waals surface area contributed by atoms with Crippen molar-refractivity contribution in [3.05, 3.63) is 64.0 Å². The second-order valence-corrected chi connectivity index (χ2v) is 5.95. The van der Waals surface area contributed by atoms with Gasteiger partial charge in [-0.15, -0.1) is 0 Å². The van der Waals surface area contributed by atoms with Gasteiger partial charge in [-0.25, -0.2) is 4.98 Å². The Morgan fingerprint density at radius 2 is 1.85 bits per heavy atom. The number of fused-ring (bicyclic) bond motifs is 1. The van der Waals surface area contributed by atoms with Crippen molar-refractivity contribution in [1.82, 2.24) is 9.55 Å². The molecule has 0 N–H and O–H groups in total. The van der Waals surface area contributed by atoms with Crippen molar-refractivity contribution in [2.24, 2.45) is 0 Å². The molecule has 0 spiro atoms. The average molecular weight is 376 g/mol. The zero-order valence-electron chi connectivity index (χ0n) is 10.8. The summed E-state index contributed by atoms with van der Waals surface area (Å²) in [5, 5.41) is 0. The van der Waals surface area contributed by atoms with Crippen LogP contribution in [-0.2, 0) is 17.8 Å². The fourth-order valence-corrected chi connectivity index (χ4v) is 2.57. The molecule has 0 aliphatic heterocycles. The molecule has 0 radical (unpaired) electrons. The smallest absolute Gasteiger partial charge is 0.156 e. The molecular weight excluding hydrogens is 363 g/mol. The zero-order valence-corrected chi connectivity index (χ0v) is 12.9. The molecule has 0 amide bonds. The number of aromatic nitrogens is 2. The zero-order chi connectivity index (χ0) is 13.9. The number of carbonyl (C=O) groups excluding carboxylic acids is 1. The van der Waals surface area contributed by atoms with E-state index in [1.54, 1.807) is 6.33 Å². The van der Waals surface area contributed by atoms with E-state index in [-0.39, 0.29) is 5.78 Å². The third-order valence-electron chi connectivity index (χ3n) is 3.19. The summed E-state index contributed by atoms with van der Waals surface area (Å²) in [7, 11) is 0. The van der Waals surface area contributed by atoms with Crippen LogP contribution in [0.1, 0.15) is 5.56 Å². The van der Waals surface area contributed by atoms with Gasteiger partial charge in [-0.3, -0.25) is 4.79 Å². The third kappa shape index (κ3) is 2.90. The van der Waals surface area contributed by atoms with E-state index in [9.17, 15) is 4.79 Å². The molecule has 0 saturated carbocycles. The molecule has 0 fully saturated rings. The fourth-order valence-electron chi connectivity index (χ4n) is 2.21. The Labute approximate surface area is 130 Å². The first-order valence-electron chi connectivity index (χ1n) is 6.38. The van der Waals surface area contributed by atoms with Crippen molar-refractivity contribution < 1.29 is 4.79 Å². The van der Waals surface area contributed by atoms with E-state index in [4.69, 9.17) is 0 Å². The van der Waals surface area contributed by atoms with Crippen LogP contribution in [-0.4, -0.2) is 15.3 Å². The highest BCUT2D eigenvalue weighted by Crippen LogP contribution is 2.13. The normalized spacial score (nSPS) is 10.8. The first-order chi connectivity index (χ1) is 9.72. The van der Waals surface area contributed by atoms with Crippen molar-refractivity contribution in [3.8, 4) is 0 Å². The standard InChI is InChI=1S/C16H13IN2O/c17-13-7-5-12(6-8-13)9-14(20)10-19-11-18-15-3-1-2-4-16(15)19/h1-8,11H,9-10H2. The number of hydrogen-bond donors (Lipinski definition) is 0. The van der Waals surface area contributed by atoms with E-state index in [1.807, 2.05) is 53.1 Å². The minimum atomic E-state index is 0.189. The second-order valence-electron chi connectivity index (χ2n) is 4.70. The van der Waals surface area contributed by atoms with Gasteiger partial charge in [-0.2, -0.15) is 0 Å². The molecule has 4 heteroatoms. The summed E-state index contributed by atoms with van der Waals surface area (Å²) in [6, 6.07) is 15.9. The first-order valence-corrected chi connectivity index (χ1v) is 7.46. The van der Waals surface area contributed by atoms with E-state index < -0.39 is 0 Å². The summed E-state index contributed by atoms with van der Waals surface area (Å²) in [4.78, 5) is 16.5. The number of Topliss-reactive ketones (excluding diaryl/α,β-unsaturated/α-hetero) is 1. The largest absolute Gasteiger partial charge is 0.323 e. The third-order valence-corrected chi connectivity index (χ3v) is 3.91. The highest BCUT2D eigenvalue weighted by Gasteiger charge is 2.08. The van der Waals surface area contributed by atoms with Gasteiger partial charge in [0.05, 0.1) is 23.9 Å². The Bertz CT molecular complexity index is 747. The number of nitrogens with zero attached hydrogens (tertiary/aromatic N) is 2. The number of benzene rings is 2. The Morgan fingerprint density at radius 1 is 1.10 bits per heavy atom. The predicted molar refractivity (Wildman–Crippen MR) is 87.6 cm³/mol. The lowest BCUT2D eigenvalue weighted by Crippen LogP contribution is -2.11. The Morgan fingerprint density at radius 3 is 2.65 bits per heavy atom. The highest BCUT2D eigenvalue weighted by molar-refractivity contribution is 14.1. The molecule has 1 heterocycles. The van der Waals surface area contributed by atoms with Crippen molar-refractivity contribution >= 4 is 39.4 Å². The van der Waals surface area contributed by atoms with E-state index >= 15 is 0 Å². The number of imidazole rings is 1. The van der Waals surface area contributed by atoms with Crippen LogP contribution in [0.5, 0.6) is 0 Å². The van der Waals surface area contributed by atoms with E-state index in [2.05, 4.69) is 27.6 Å². The lowest BCUT2D eigenvalue weighted by atomic mass is 10.1. The molecule has 0 atom stereocenters. The van der Waals surface area contributed by atoms with Crippen molar-refractivity contribution in [2.75, 3.05) is 0 Å². The SMILES string of the molecule is O=C(Cc1ccc(I)cc1)Cn1cnc2ccccc21. The summed E-state index contributed by atoms with van der Waals surface area (Å²) in [6.07, 6.45) is 2.19. The van der Waals surface area contributed by atoms with Gasteiger partial charge in [0.25, 0.3) is 0 Å². The van der Waals surface area contributed by atoms with Crippen LogP contribution in [0, 0.1) is 3.57 Å². The van der Waals surface area contributed by atoms with Crippen molar-refractivity contribution in [2.45, 2.75) is 13.0 Å². The molecule has 100 valence electrons. The Balaban J connectivity index is 1.74. The predicted octanol–water partition coefficient (Wildman–Crippen LogP) is 3.45. The molecule has 0 aliphatic rings. The average Bonchev–Trinajstić information content (AvgIpc) is 2.85. The summed E-state index contributed by atoms with van der Waals surface area (Å²) in [5.41, 5.74) is 2.98. The van der Waals surface area contributed by atoms with Gasteiger partial charge < -0.3 is 4.57 Å². The molecule has 0 saturated heterocycles. The number of ketones is 1. The van der Waals surface area contributed by atoms with Gasteiger partial charge in [0.15, 0.2) is 5.78 Å². The minimum absolute atomic E-state index is 0.189. The first kappa shape index (κ1) is 13.3. The molecular formula is C16H13IN2O. The lowest BCUT2D eigenvalue weighted by Gasteiger charge is -2.04. The Kier molecular flexibility index (Phi) is 3.82.